The number of aromatic nitrogens is 2. The average molecular weight is 263 g/mol. The highest BCUT2D eigenvalue weighted by atomic mass is 14.9. The van der Waals surface area contributed by atoms with Gasteiger partial charge in [-0.2, -0.15) is 0 Å². The third-order valence-electron chi connectivity index (χ3n) is 3.54. The van der Waals surface area contributed by atoms with Gasteiger partial charge < -0.3 is 5.32 Å². The van der Waals surface area contributed by atoms with Crippen LogP contribution in [0.3, 0.4) is 0 Å². The Morgan fingerprint density at radius 1 is 1.05 bits per heavy atom. The number of nitrogens with one attached hydrogen (secondary N) is 1. The number of fused-ring (bicyclic) bond motifs is 1. The van der Waals surface area contributed by atoms with E-state index in [-0.39, 0.29) is 6.04 Å². The van der Waals surface area contributed by atoms with Gasteiger partial charge in [0.25, 0.3) is 0 Å². The van der Waals surface area contributed by atoms with E-state index in [1.165, 1.54) is 16.3 Å². The van der Waals surface area contributed by atoms with Gasteiger partial charge in [-0.3, -0.25) is 9.97 Å². The van der Waals surface area contributed by atoms with Crippen LogP contribution < -0.4 is 5.32 Å². The summed E-state index contributed by atoms with van der Waals surface area (Å²) in [6.07, 6.45) is 6.16. The van der Waals surface area contributed by atoms with Crippen molar-refractivity contribution < 1.29 is 0 Å². The van der Waals surface area contributed by atoms with Crippen molar-refractivity contribution in [3.8, 4) is 0 Å². The van der Waals surface area contributed by atoms with Gasteiger partial charge in [0, 0.05) is 18.6 Å². The number of hydrogen-bond acceptors (Lipinski definition) is 3. The van der Waals surface area contributed by atoms with Crippen molar-refractivity contribution >= 4 is 10.8 Å². The first-order chi connectivity index (χ1) is 9.86. The van der Waals surface area contributed by atoms with Crippen molar-refractivity contribution in [2.75, 3.05) is 7.05 Å². The first kappa shape index (κ1) is 12.8. The molecular weight excluding hydrogens is 246 g/mol. The first-order valence-electron chi connectivity index (χ1n) is 6.77. The molecule has 3 nitrogen and oxygen atoms in total. The molecule has 3 rings (SSSR count). The van der Waals surface area contributed by atoms with Gasteiger partial charge in [0.15, 0.2) is 0 Å². The summed E-state index contributed by atoms with van der Waals surface area (Å²) >= 11 is 0. The molecule has 1 heterocycles. The van der Waals surface area contributed by atoms with E-state index in [9.17, 15) is 0 Å². The maximum absolute atomic E-state index is 4.38. The lowest BCUT2D eigenvalue weighted by molar-refractivity contribution is 0.573. The fourth-order valence-corrected chi connectivity index (χ4v) is 2.45. The highest BCUT2D eigenvalue weighted by Gasteiger charge is 2.11. The van der Waals surface area contributed by atoms with Crippen LogP contribution in [-0.4, -0.2) is 17.0 Å². The number of benzene rings is 2. The Morgan fingerprint density at radius 3 is 2.65 bits per heavy atom. The van der Waals surface area contributed by atoms with E-state index >= 15 is 0 Å². The molecule has 2 aromatic carbocycles. The van der Waals surface area contributed by atoms with Crippen LogP contribution in [0.5, 0.6) is 0 Å². The number of nitrogens with zero attached hydrogens (tertiary/aromatic N) is 2. The van der Waals surface area contributed by atoms with Crippen molar-refractivity contribution in [1.29, 1.82) is 0 Å². The largest absolute Gasteiger partial charge is 0.311 e. The molecule has 3 heteroatoms. The summed E-state index contributed by atoms with van der Waals surface area (Å²) in [5.74, 6) is 0. The standard InChI is InChI=1S/C17H17N3/c1-18-16(17-12-19-8-9-20-17)11-13-6-7-14-4-2-3-5-15(14)10-13/h2-10,12,16,18H,11H2,1H3. The van der Waals surface area contributed by atoms with Gasteiger partial charge in [-0.05, 0) is 29.8 Å². The molecule has 20 heavy (non-hydrogen) atoms. The van der Waals surface area contributed by atoms with Crippen molar-refractivity contribution in [1.82, 2.24) is 15.3 Å². The number of hydrogen-bond donors (Lipinski definition) is 1. The SMILES string of the molecule is CNC(Cc1ccc2ccccc2c1)c1cnccn1. The molecule has 0 amide bonds. The summed E-state index contributed by atoms with van der Waals surface area (Å²) < 4.78 is 0. The van der Waals surface area contributed by atoms with Crippen molar-refractivity contribution in [2.24, 2.45) is 0 Å². The molecule has 0 aliphatic heterocycles. The molecule has 1 N–H and O–H groups in total. The average Bonchev–Trinajstić information content (AvgIpc) is 2.53. The Kier molecular flexibility index (Phi) is 3.70. The van der Waals surface area contributed by atoms with Crippen molar-refractivity contribution in [3.05, 3.63) is 72.3 Å². The van der Waals surface area contributed by atoms with Crippen LogP contribution in [0.1, 0.15) is 17.3 Å². The third kappa shape index (κ3) is 2.68. The van der Waals surface area contributed by atoms with Crippen LogP contribution in [-0.2, 0) is 6.42 Å². The van der Waals surface area contributed by atoms with Gasteiger partial charge >= 0.3 is 0 Å². The Hall–Kier alpha value is -2.26. The predicted octanol–water partition coefficient (Wildman–Crippen LogP) is 3.13. The van der Waals surface area contributed by atoms with E-state index in [1.54, 1.807) is 12.4 Å². The topological polar surface area (TPSA) is 37.8 Å². The van der Waals surface area contributed by atoms with Gasteiger partial charge in [-0.1, -0.05) is 42.5 Å². The molecule has 0 saturated heterocycles. The normalized spacial score (nSPS) is 12.4. The summed E-state index contributed by atoms with van der Waals surface area (Å²) in [7, 11) is 1.96. The molecule has 0 aliphatic carbocycles. The summed E-state index contributed by atoms with van der Waals surface area (Å²) in [6.45, 7) is 0. The fraction of sp³-hybridized carbons (Fsp3) is 0.176. The monoisotopic (exact) mass is 263 g/mol. The lowest BCUT2D eigenvalue weighted by Crippen LogP contribution is -2.20. The second-order valence-corrected chi connectivity index (χ2v) is 4.86. The Labute approximate surface area is 118 Å². The zero-order chi connectivity index (χ0) is 13.8. The minimum atomic E-state index is 0.185. The molecule has 0 bridgehead atoms. The Morgan fingerprint density at radius 2 is 1.90 bits per heavy atom. The molecule has 0 saturated carbocycles. The molecule has 0 fully saturated rings. The summed E-state index contributed by atoms with van der Waals surface area (Å²) in [5, 5.41) is 5.86. The fourth-order valence-electron chi connectivity index (χ4n) is 2.45. The van der Waals surface area contributed by atoms with Gasteiger partial charge in [0.2, 0.25) is 0 Å². The molecule has 1 unspecified atom stereocenters. The Bertz CT molecular complexity index is 695. The third-order valence-corrected chi connectivity index (χ3v) is 3.54. The van der Waals surface area contributed by atoms with E-state index < -0.39 is 0 Å². The zero-order valence-electron chi connectivity index (χ0n) is 11.5. The summed E-state index contributed by atoms with van der Waals surface area (Å²) in [4.78, 5) is 8.53. The van der Waals surface area contributed by atoms with Crippen LogP contribution in [0.4, 0.5) is 0 Å². The summed E-state index contributed by atoms with van der Waals surface area (Å²) in [5.41, 5.74) is 2.27. The van der Waals surface area contributed by atoms with E-state index in [0.717, 1.165) is 12.1 Å². The molecule has 0 radical (unpaired) electrons. The van der Waals surface area contributed by atoms with Gasteiger partial charge in [-0.25, -0.2) is 0 Å². The lowest BCUT2D eigenvalue weighted by atomic mass is 10.0. The molecule has 3 aromatic rings. The van der Waals surface area contributed by atoms with E-state index in [4.69, 9.17) is 0 Å². The maximum atomic E-state index is 4.38. The van der Waals surface area contributed by atoms with Gasteiger partial charge in [-0.15, -0.1) is 0 Å². The summed E-state index contributed by atoms with van der Waals surface area (Å²) in [6, 6.07) is 15.2. The molecular formula is C17H17N3. The highest BCUT2D eigenvalue weighted by Crippen LogP contribution is 2.20. The zero-order valence-corrected chi connectivity index (χ0v) is 11.5. The maximum Gasteiger partial charge on any atom is 0.0759 e. The first-order valence-corrected chi connectivity index (χ1v) is 6.77. The Balaban J connectivity index is 1.87. The molecule has 0 aliphatic rings. The molecule has 0 spiro atoms. The van der Waals surface area contributed by atoms with E-state index in [1.807, 2.05) is 13.2 Å². The highest BCUT2D eigenvalue weighted by molar-refractivity contribution is 5.83. The van der Waals surface area contributed by atoms with Crippen molar-refractivity contribution in [2.45, 2.75) is 12.5 Å². The predicted molar refractivity (Wildman–Crippen MR) is 81.5 cm³/mol. The van der Waals surface area contributed by atoms with Crippen LogP contribution >= 0.6 is 0 Å². The van der Waals surface area contributed by atoms with Crippen LogP contribution in [0.25, 0.3) is 10.8 Å². The quantitative estimate of drug-likeness (QED) is 0.786. The second kappa shape index (κ2) is 5.80. The minimum Gasteiger partial charge on any atom is -0.311 e. The van der Waals surface area contributed by atoms with E-state index in [0.29, 0.717) is 0 Å². The minimum absolute atomic E-state index is 0.185. The van der Waals surface area contributed by atoms with E-state index in [2.05, 4.69) is 57.7 Å². The van der Waals surface area contributed by atoms with Gasteiger partial charge in [0.1, 0.15) is 0 Å². The second-order valence-electron chi connectivity index (χ2n) is 4.86. The van der Waals surface area contributed by atoms with Crippen LogP contribution in [0.15, 0.2) is 61.1 Å². The number of likely N-dealkylation sites (N-methyl/N-ethyl adjacent to an activating group) is 1. The molecule has 1 aromatic heterocycles. The van der Waals surface area contributed by atoms with Gasteiger partial charge in [0.05, 0.1) is 11.7 Å². The molecule has 100 valence electrons. The molecule has 1 atom stereocenters. The number of rotatable bonds is 4. The smallest absolute Gasteiger partial charge is 0.0759 e. The van der Waals surface area contributed by atoms with Crippen LogP contribution in [0.2, 0.25) is 0 Å². The van der Waals surface area contributed by atoms with Crippen LogP contribution in [0, 0.1) is 0 Å². The lowest BCUT2D eigenvalue weighted by Gasteiger charge is -2.15. The van der Waals surface area contributed by atoms with Crippen molar-refractivity contribution in [3.63, 3.8) is 0 Å².